The molecule has 0 saturated heterocycles. The number of guanidine groups is 1. The minimum absolute atomic E-state index is 0. The zero-order chi connectivity index (χ0) is 16.2. The molecule has 3 atom stereocenters. The molecule has 3 N–H and O–H groups in total. The maximum atomic E-state index is 10.6. The molecule has 7 heteroatoms. The minimum atomic E-state index is -1.01. The fraction of sp³-hybridized carbons (Fsp3) is 0.750. The van der Waals surface area contributed by atoms with Crippen LogP contribution in [0.15, 0.2) is 17.4 Å². The van der Waals surface area contributed by atoms with Gasteiger partial charge in [0.25, 0.3) is 0 Å². The van der Waals surface area contributed by atoms with Crippen molar-refractivity contribution >= 4 is 29.9 Å². The summed E-state index contributed by atoms with van der Waals surface area (Å²) >= 11 is 0. The molecule has 1 saturated carbocycles. The molecule has 0 aliphatic heterocycles. The van der Waals surface area contributed by atoms with Crippen LogP contribution in [0.2, 0.25) is 0 Å². The van der Waals surface area contributed by atoms with Crippen LogP contribution in [0.1, 0.15) is 45.6 Å². The molecule has 1 aliphatic carbocycles. The molecule has 1 aromatic rings. The van der Waals surface area contributed by atoms with E-state index in [4.69, 9.17) is 0 Å². The highest BCUT2D eigenvalue weighted by atomic mass is 127. The summed E-state index contributed by atoms with van der Waals surface area (Å²) in [6, 6.07) is 0.529. The summed E-state index contributed by atoms with van der Waals surface area (Å²) in [4.78, 5) is 4.55. The molecule has 0 spiro atoms. The highest BCUT2D eigenvalue weighted by Gasteiger charge is 2.36. The zero-order valence-electron chi connectivity index (χ0n) is 14.5. The van der Waals surface area contributed by atoms with E-state index in [9.17, 15) is 5.11 Å². The first-order chi connectivity index (χ1) is 10.5. The van der Waals surface area contributed by atoms with Gasteiger partial charge in [-0.1, -0.05) is 13.3 Å². The van der Waals surface area contributed by atoms with Crippen molar-refractivity contribution < 1.29 is 5.11 Å². The second-order valence-corrected chi connectivity index (χ2v) is 6.41. The maximum Gasteiger partial charge on any atom is 0.191 e. The Balaban J connectivity index is 0.00000264. The van der Waals surface area contributed by atoms with Crippen LogP contribution in [-0.4, -0.2) is 40.0 Å². The molecule has 6 nitrogen and oxygen atoms in total. The molecule has 0 bridgehead atoms. The topological polar surface area (TPSA) is 74.5 Å². The van der Waals surface area contributed by atoms with Crippen LogP contribution in [-0.2, 0) is 12.6 Å². The summed E-state index contributed by atoms with van der Waals surface area (Å²) in [5, 5.41) is 21.4. The Kier molecular flexibility index (Phi) is 7.79. The van der Waals surface area contributed by atoms with Gasteiger partial charge in [0.05, 0.1) is 12.7 Å². The number of aromatic nitrogens is 2. The predicted molar refractivity (Wildman–Crippen MR) is 104 cm³/mol. The number of nitrogens with zero attached hydrogens (tertiary/aromatic N) is 3. The van der Waals surface area contributed by atoms with Crippen molar-refractivity contribution in [1.29, 1.82) is 0 Å². The Bertz CT molecular complexity index is 514. The van der Waals surface area contributed by atoms with Gasteiger partial charge in [-0.15, -0.1) is 24.0 Å². The summed E-state index contributed by atoms with van der Waals surface area (Å²) in [6.07, 6.45) is 7.23. The Morgan fingerprint density at radius 3 is 2.83 bits per heavy atom. The van der Waals surface area contributed by atoms with Gasteiger partial charge in [0.15, 0.2) is 5.96 Å². The normalized spacial score (nSPS) is 22.9. The standard InChI is InChI=1S/C16H29N5O.HI/c1-5-7-12-8-14(12)20-15(17-6-2)18-11-16(3,22)13-9-19-21(4)10-13;/h9-10,12,14,22H,5-8,11H2,1-4H3,(H2,17,18,20);1H. The lowest BCUT2D eigenvalue weighted by molar-refractivity contribution is 0.0671. The molecule has 132 valence electrons. The number of nitrogens with one attached hydrogen (secondary N) is 2. The monoisotopic (exact) mass is 435 g/mol. The number of hydrogen-bond acceptors (Lipinski definition) is 3. The summed E-state index contributed by atoms with van der Waals surface area (Å²) in [6.45, 7) is 7.16. The van der Waals surface area contributed by atoms with E-state index in [1.165, 1.54) is 19.3 Å². The molecule has 2 rings (SSSR count). The van der Waals surface area contributed by atoms with Crippen molar-refractivity contribution in [2.45, 2.75) is 51.7 Å². The smallest absolute Gasteiger partial charge is 0.191 e. The molecular weight excluding hydrogens is 405 g/mol. The van der Waals surface area contributed by atoms with Crippen molar-refractivity contribution in [3.05, 3.63) is 18.0 Å². The third-order valence-corrected chi connectivity index (χ3v) is 4.12. The number of aliphatic hydroxyl groups is 1. The van der Waals surface area contributed by atoms with Crippen molar-refractivity contribution in [3.8, 4) is 0 Å². The van der Waals surface area contributed by atoms with E-state index in [1.54, 1.807) is 17.8 Å². The van der Waals surface area contributed by atoms with Crippen LogP contribution in [0.25, 0.3) is 0 Å². The van der Waals surface area contributed by atoms with E-state index < -0.39 is 5.60 Å². The summed E-state index contributed by atoms with van der Waals surface area (Å²) in [5.41, 5.74) is -0.229. The molecule has 0 radical (unpaired) electrons. The lowest BCUT2D eigenvalue weighted by Crippen LogP contribution is -2.40. The van der Waals surface area contributed by atoms with Crippen LogP contribution in [0.4, 0.5) is 0 Å². The minimum Gasteiger partial charge on any atom is -0.383 e. The predicted octanol–water partition coefficient (Wildman–Crippen LogP) is 1.99. The highest BCUT2D eigenvalue weighted by molar-refractivity contribution is 14.0. The zero-order valence-corrected chi connectivity index (χ0v) is 16.9. The van der Waals surface area contributed by atoms with Crippen LogP contribution in [0.5, 0.6) is 0 Å². The van der Waals surface area contributed by atoms with Gasteiger partial charge in [-0.05, 0) is 32.6 Å². The van der Waals surface area contributed by atoms with Gasteiger partial charge in [0.2, 0.25) is 0 Å². The maximum absolute atomic E-state index is 10.6. The van der Waals surface area contributed by atoms with Crippen LogP contribution in [0.3, 0.4) is 0 Å². The highest BCUT2D eigenvalue weighted by Crippen LogP contribution is 2.34. The Hall–Kier alpha value is -0.830. The first kappa shape index (κ1) is 20.2. The Morgan fingerprint density at radius 2 is 2.26 bits per heavy atom. The van der Waals surface area contributed by atoms with Crippen molar-refractivity contribution in [2.24, 2.45) is 18.0 Å². The van der Waals surface area contributed by atoms with Crippen molar-refractivity contribution in [1.82, 2.24) is 20.4 Å². The number of rotatable bonds is 7. The molecule has 3 unspecified atom stereocenters. The average Bonchev–Trinajstić information content (AvgIpc) is 3.02. The number of hydrogen-bond donors (Lipinski definition) is 3. The van der Waals surface area contributed by atoms with E-state index in [-0.39, 0.29) is 24.0 Å². The van der Waals surface area contributed by atoms with E-state index >= 15 is 0 Å². The molecule has 0 aromatic carbocycles. The summed E-state index contributed by atoms with van der Waals surface area (Å²) in [7, 11) is 1.84. The average molecular weight is 435 g/mol. The molecule has 1 aliphatic rings. The van der Waals surface area contributed by atoms with Gasteiger partial charge in [0, 0.05) is 31.4 Å². The first-order valence-corrected chi connectivity index (χ1v) is 8.22. The van der Waals surface area contributed by atoms with Gasteiger partial charge in [0.1, 0.15) is 5.60 Å². The van der Waals surface area contributed by atoms with E-state index in [2.05, 4.69) is 27.6 Å². The van der Waals surface area contributed by atoms with Crippen molar-refractivity contribution in [3.63, 3.8) is 0 Å². The number of halogens is 1. The van der Waals surface area contributed by atoms with Gasteiger partial charge in [-0.3, -0.25) is 4.68 Å². The first-order valence-electron chi connectivity index (χ1n) is 8.22. The second kappa shape index (κ2) is 8.86. The number of aliphatic imine (C=N–C) groups is 1. The van der Waals surface area contributed by atoms with E-state index in [0.29, 0.717) is 12.6 Å². The lowest BCUT2D eigenvalue weighted by atomic mass is 10.0. The van der Waals surface area contributed by atoms with Gasteiger partial charge in [-0.2, -0.15) is 5.10 Å². The third-order valence-electron chi connectivity index (χ3n) is 4.12. The van der Waals surface area contributed by atoms with Gasteiger partial charge < -0.3 is 15.7 Å². The van der Waals surface area contributed by atoms with Crippen molar-refractivity contribution in [2.75, 3.05) is 13.1 Å². The molecule has 1 heterocycles. The van der Waals surface area contributed by atoms with Crippen LogP contribution in [0, 0.1) is 5.92 Å². The second-order valence-electron chi connectivity index (χ2n) is 6.41. The molecule has 1 fully saturated rings. The number of aryl methyl sites for hydroxylation is 1. The van der Waals surface area contributed by atoms with Crippen LogP contribution < -0.4 is 10.6 Å². The Labute approximate surface area is 156 Å². The summed E-state index contributed by atoms with van der Waals surface area (Å²) < 4.78 is 1.69. The van der Waals surface area contributed by atoms with Gasteiger partial charge >= 0.3 is 0 Å². The largest absolute Gasteiger partial charge is 0.383 e. The molecular formula is C16H30IN5O. The quantitative estimate of drug-likeness (QED) is 0.348. The third kappa shape index (κ3) is 5.95. The van der Waals surface area contributed by atoms with Crippen LogP contribution >= 0.6 is 24.0 Å². The molecule has 1 aromatic heterocycles. The summed E-state index contributed by atoms with van der Waals surface area (Å²) in [5.74, 6) is 1.56. The fourth-order valence-corrected chi connectivity index (χ4v) is 2.63. The Morgan fingerprint density at radius 1 is 1.52 bits per heavy atom. The molecule has 23 heavy (non-hydrogen) atoms. The van der Waals surface area contributed by atoms with E-state index in [1.807, 2.05) is 20.2 Å². The van der Waals surface area contributed by atoms with E-state index in [0.717, 1.165) is 24.0 Å². The fourth-order valence-electron chi connectivity index (χ4n) is 2.63. The molecule has 0 amide bonds. The lowest BCUT2D eigenvalue weighted by Gasteiger charge is -2.20. The van der Waals surface area contributed by atoms with Gasteiger partial charge in [-0.25, -0.2) is 4.99 Å². The SMILES string of the molecule is CCCC1CC1NC(=NCC(C)(O)c1cnn(C)c1)NCC.I.